The van der Waals surface area contributed by atoms with Crippen LogP contribution in [0.15, 0.2) is 48.8 Å². The van der Waals surface area contributed by atoms with Gasteiger partial charge >= 0.3 is 0 Å². The van der Waals surface area contributed by atoms with E-state index in [4.69, 9.17) is 11.5 Å². The van der Waals surface area contributed by atoms with E-state index in [0.29, 0.717) is 13.1 Å². The maximum atomic E-state index is 5.61. The predicted octanol–water partition coefficient (Wildman–Crippen LogP) is 5.84. The van der Waals surface area contributed by atoms with Gasteiger partial charge in [0.05, 0.1) is 31.2 Å². The van der Waals surface area contributed by atoms with Gasteiger partial charge in [-0.3, -0.25) is 0 Å². The molecule has 6 heteroatoms. The van der Waals surface area contributed by atoms with Gasteiger partial charge in [0.15, 0.2) is 0 Å². The van der Waals surface area contributed by atoms with Crippen LogP contribution >= 0.6 is 0 Å². The number of rotatable bonds is 3. The second-order valence-electron chi connectivity index (χ2n) is 9.39. The van der Waals surface area contributed by atoms with E-state index < -0.39 is 0 Å². The van der Waals surface area contributed by atoms with Crippen LogP contribution in [-0.2, 0) is 13.1 Å². The zero-order valence-corrected chi connectivity index (χ0v) is 22.4. The summed E-state index contributed by atoms with van der Waals surface area (Å²) < 4.78 is 0. The van der Waals surface area contributed by atoms with E-state index >= 15 is 0 Å². The third-order valence-corrected chi connectivity index (χ3v) is 4.14. The van der Waals surface area contributed by atoms with Gasteiger partial charge in [-0.15, -0.1) is 12.8 Å². The summed E-state index contributed by atoms with van der Waals surface area (Å²) in [6, 6.07) is 12.4. The number of hydrogen-bond donors (Lipinski definition) is 4. The molecule has 2 aromatic heterocycles. The molecule has 36 heavy (non-hydrogen) atoms. The van der Waals surface area contributed by atoms with Crippen LogP contribution in [0, 0.1) is 36.5 Å². The van der Waals surface area contributed by atoms with Gasteiger partial charge in [0.25, 0.3) is 0 Å². The highest BCUT2D eigenvalue weighted by atomic mass is 14.9. The minimum Gasteiger partial charge on any atom is -0.341 e. The van der Waals surface area contributed by atoms with Crippen LogP contribution in [0.25, 0.3) is 22.0 Å². The van der Waals surface area contributed by atoms with Crippen molar-refractivity contribution < 1.29 is 0 Å². The summed E-state index contributed by atoms with van der Waals surface area (Å²) in [6.07, 6.45) is 11.5. The van der Waals surface area contributed by atoms with Gasteiger partial charge in [-0.2, -0.15) is 0 Å². The Morgan fingerprint density at radius 1 is 0.750 bits per heavy atom. The fourth-order valence-corrected chi connectivity index (χ4v) is 2.77. The van der Waals surface area contributed by atoms with Gasteiger partial charge in [-0.25, -0.2) is 9.97 Å². The van der Waals surface area contributed by atoms with Crippen molar-refractivity contribution in [3.63, 3.8) is 0 Å². The zero-order chi connectivity index (χ0) is 27.1. The van der Waals surface area contributed by atoms with Crippen LogP contribution in [0.4, 0.5) is 0 Å². The molecule has 6 N–H and O–H groups in total. The Morgan fingerprint density at radius 2 is 1.28 bits per heavy atom. The van der Waals surface area contributed by atoms with Gasteiger partial charge in [-0.05, 0) is 46.7 Å². The third-order valence-electron chi connectivity index (χ3n) is 4.14. The number of terminal acetylenes is 1. The molecule has 0 unspecified atom stereocenters. The molecule has 2 heterocycles. The van der Waals surface area contributed by atoms with E-state index in [1.165, 1.54) is 0 Å². The molecule has 6 nitrogen and oxygen atoms in total. The van der Waals surface area contributed by atoms with E-state index in [1.54, 1.807) is 6.20 Å². The molecule has 0 amide bonds. The van der Waals surface area contributed by atoms with Gasteiger partial charge in [0, 0.05) is 11.1 Å². The Morgan fingerprint density at radius 3 is 1.83 bits per heavy atom. The lowest BCUT2D eigenvalue weighted by molar-refractivity contribution is 0.736. The number of hydrogen-bond acceptors (Lipinski definition) is 4. The highest BCUT2D eigenvalue weighted by molar-refractivity contribution is 5.87. The average molecular weight is 485 g/mol. The monoisotopic (exact) mass is 484 g/mol. The SMILES string of the molecule is C#C.CC(C)C.CC(C)C.NCc1ncc(C#Cc2ccc3cc(-c4cnc(CN)[nH]4)ccc3c2)[nH]1. The maximum absolute atomic E-state index is 5.61. The highest BCUT2D eigenvalue weighted by Gasteiger charge is 2.04. The van der Waals surface area contributed by atoms with Crippen LogP contribution in [0.1, 0.15) is 64.4 Å². The van der Waals surface area contributed by atoms with Gasteiger partial charge in [0.1, 0.15) is 17.3 Å². The number of H-pyrrole nitrogens is 2. The summed E-state index contributed by atoms with van der Waals surface area (Å²) in [5, 5.41) is 2.27. The smallest absolute Gasteiger partial charge is 0.120 e. The lowest BCUT2D eigenvalue weighted by Crippen LogP contribution is -1.97. The summed E-state index contributed by atoms with van der Waals surface area (Å²) in [5.74, 6) is 9.41. The zero-order valence-electron chi connectivity index (χ0n) is 22.4. The molecule has 4 rings (SSSR count). The normalized spacial score (nSPS) is 9.78. The number of fused-ring (bicyclic) bond motifs is 1. The number of aromatic amines is 2. The highest BCUT2D eigenvalue weighted by Crippen LogP contribution is 2.24. The first-order valence-corrected chi connectivity index (χ1v) is 12.1. The summed E-state index contributed by atoms with van der Waals surface area (Å²) >= 11 is 0. The van der Waals surface area contributed by atoms with Crippen molar-refractivity contribution in [3.8, 4) is 35.9 Å². The number of nitrogens with one attached hydrogen (secondary N) is 2. The average Bonchev–Trinajstić information content (AvgIpc) is 3.52. The van der Waals surface area contributed by atoms with Crippen molar-refractivity contribution in [1.29, 1.82) is 0 Å². The first kappa shape index (κ1) is 30.2. The molecule has 0 bridgehead atoms. The van der Waals surface area contributed by atoms with Crippen molar-refractivity contribution in [2.45, 2.75) is 54.6 Å². The Hall–Kier alpha value is -3.84. The fraction of sp³-hybridized carbons (Fsp3) is 0.333. The van der Waals surface area contributed by atoms with Crippen molar-refractivity contribution in [2.75, 3.05) is 0 Å². The van der Waals surface area contributed by atoms with Crippen molar-refractivity contribution in [3.05, 3.63) is 71.7 Å². The van der Waals surface area contributed by atoms with Crippen LogP contribution in [-0.4, -0.2) is 19.9 Å². The van der Waals surface area contributed by atoms with Crippen LogP contribution in [0.3, 0.4) is 0 Å². The lowest BCUT2D eigenvalue weighted by Gasteiger charge is -2.02. The topological polar surface area (TPSA) is 109 Å². The Labute approximate surface area is 216 Å². The third kappa shape index (κ3) is 10.6. The van der Waals surface area contributed by atoms with Crippen LogP contribution < -0.4 is 11.5 Å². The summed E-state index contributed by atoms with van der Waals surface area (Å²) in [5.41, 5.74) is 14.9. The van der Waals surface area contributed by atoms with Gasteiger partial charge < -0.3 is 21.4 Å². The minimum absolute atomic E-state index is 0.378. The lowest BCUT2D eigenvalue weighted by atomic mass is 10.0. The molecule has 0 atom stereocenters. The van der Waals surface area contributed by atoms with E-state index in [0.717, 1.165) is 56.8 Å². The van der Waals surface area contributed by atoms with E-state index in [-0.39, 0.29) is 0 Å². The van der Waals surface area contributed by atoms with E-state index in [2.05, 4.69) is 116 Å². The number of nitrogens with zero attached hydrogens (tertiary/aromatic N) is 2. The molecule has 0 aliphatic heterocycles. The summed E-state index contributed by atoms with van der Waals surface area (Å²) in [4.78, 5) is 14.7. The molecule has 2 aromatic carbocycles. The van der Waals surface area contributed by atoms with Gasteiger partial charge in [-0.1, -0.05) is 65.7 Å². The molecule has 0 saturated heterocycles. The molecule has 0 radical (unpaired) electrons. The van der Waals surface area contributed by atoms with E-state index in [9.17, 15) is 0 Å². The molecule has 0 aliphatic rings. The Kier molecular flexibility index (Phi) is 13.4. The Balaban J connectivity index is 0.000000561. The van der Waals surface area contributed by atoms with Crippen molar-refractivity contribution in [1.82, 2.24) is 19.9 Å². The molecule has 0 spiro atoms. The second-order valence-corrected chi connectivity index (χ2v) is 9.39. The Bertz CT molecular complexity index is 1250. The van der Waals surface area contributed by atoms with Crippen molar-refractivity contribution in [2.24, 2.45) is 23.3 Å². The second kappa shape index (κ2) is 15.9. The van der Waals surface area contributed by atoms with E-state index in [1.807, 2.05) is 12.3 Å². The molecule has 0 saturated carbocycles. The molecule has 0 aliphatic carbocycles. The maximum Gasteiger partial charge on any atom is 0.120 e. The number of aromatic nitrogens is 4. The standard InChI is InChI=1S/C20H18N6.2C4H10.C2H2/c21-9-19-23-11-17(25-19)6-2-13-1-3-15-8-16(5-4-14(15)7-13)18-12-24-20(10-22)26-18;2*1-4(2)3;1-2/h1,3-5,7-8,11-12H,9-10,21-22H2,(H,23,25)(H,24,26);2*4H,1-3H3;1-2H. The van der Waals surface area contributed by atoms with Gasteiger partial charge in [0.2, 0.25) is 0 Å². The summed E-state index contributed by atoms with van der Waals surface area (Å²) in [6.45, 7) is 13.8. The number of benzene rings is 2. The molecule has 0 fully saturated rings. The number of imidazole rings is 2. The number of nitrogens with two attached hydrogens (primary N) is 2. The largest absolute Gasteiger partial charge is 0.341 e. The molecule has 190 valence electrons. The van der Waals surface area contributed by atoms with Crippen molar-refractivity contribution >= 4 is 10.8 Å². The van der Waals surface area contributed by atoms with Crippen LogP contribution in [0.5, 0.6) is 0 Å². The molecule has 4 aromatic rings. The molecular weight excluding hydrogens is 444 g/mol. The fourth-order valence-electron chi connectivity index (χ4n) is 2.77. The molecular formula is C30H40N6. The predicted molar refractivity (Wildman–Crippen MR) is 153 cm³/mol. The quantitative estimate of drug-likeness (QED) is 0.274. The minimum atomic E-state index is 0.378. The first-order chi connectivity index (χ1) is 17.2. The van der Waals surface area contributed by atoms with Crippen LogP contribution in [0.2, 0.25) is 0 Å². The summed E-state index contributed by atoms with van der Waals surface area (Å²) in [7, 11) is 0. The first-order valence-electron chi connectivity index (χ1n) is 12.1.